The van der Waals surface area contributed by atoms with Gasteiger partial charge in [0, 0.05) is 6.07 Å². The molecule has 2 aromatic rings. The second kappa shape index (κ2) is 5.57. The lowest BCUT2D eigenvalue weighted by Gasteiger charge is -2.10. The molecule has 0 spiro atoms. The van der Waals surface area contributed by atoms with E-state index in [0.29, 0.717) is 6.07 Å². The lowest BCUT2D eigenvalue weighted by atomic mass is 9.62. The number of ether oxygens (including phenoxy) is 1. The molecule has 2 rings (SSSR count). The maximum absolute atomic E-state index is 14.0. The third-order valence-corrected chi connectivity index (χ3v) is 2.96. The molecule has 0 amide bonds. The zero-order chi connectivity index (χ0) is 14.9. The average molecular weight is 281 g/mol. The fraction of sp³-hybridized carbons (Fsp3) is 0.143. The standard InChI is InChI=1S/C14H10BF4O/c1-7-9(5-8(16)6-11(7)18)15-13-10(17)3-4-12(20-2)14(13)19/h3-6H,1-2H3. The Balaban J connectivity index is 2.50. The molecule has 20 heavy (non-hydrogen) atoms. The molecule has 0 aliphatic rings. The average Bonchev–Trinajstić information content (AvgIpc) is 2.40. The smallest absolute Gasteiger partial charge is 0.200 e. The van der Waals surface area contributed by atoms with E-state index in [0.717, 1.165) is 25.5 Å². The molecule has 1 nitrogen and oxygen atoms in total. The first-order chi connectivity index (χ1) is 9.43. The molecule has 0 N–H and O–H groups in total. The van der Waals surface area contributed by atoms with Crippen molar-refractivity contribution >= 4 is 18.2 Å². The van der Waals surface area contributed by atoms with Crippen LogP contribution in [-0.4, -0.2) is 14.4 Å². The van der Waals surface area contributed by atoms with Crippen molar-refractivity contribution in [1.29, 1.82) is 0 Å². The van der Waals surface area contributed by atoms with Gasteiger partial charge in [-0.15, -0.1) is 0 Å². The van der Waals surface area contributed by atoms with Crippen LogP contribution < -0.4 is 15.7 Å². The van der Waals surface area contributed by atoms with Gasteiger partial charge in [-0.3, -0.25) is 0 Å². The van der Waals surface area contributed by atoms with Crippen LogP contribution >= 0.6 is 0 Å². The highest BCUT2D eigenvalue weighted by molar-refractivity contribution is 6.68. The Morgan fingerprint density at radius 1 is 1.00 bits per heavy atom. The quantitative estimate of drug-likeness (QED) is 0.619. The molecule has 0 bridgehead atoms. The molecule has 6 heteroatoms. The molecular formula is C14H10BF4O. The summed E-state index contributed by atoms with van der Waals surface area (Å²) in [6.45, 7) is 1.40. The Hall–Kier alpha value is -1.98. The fourth-order valence-electron chi connectivity index (χ4n) is 1.81. The summed E-state index contributed by atoms with van der Waals surface area (Å²) in [4.78, 5) is 0. The molecule has 0 aliphatic heterocycles. The lowest BCUT2D eigenvalue weighted by Crippen LogP contribution is -2.34. The Kier molecular flexibility index (Phi) is 4.02. The number of rotatable bonds is 3. The molecule has 0 saturated carbocycles. The Labute approximate surface area is 114 Å². The van der Waals surface area contributed by atoms with E-state index >= 15 is 0 Å². The van der Waals surface area contributed by atoms with Gasteiger partial charge in [-0.1, -0.05) is 5.46 Å². The van der Waals surface area contributed by atoms with E-state index in [2.05, 4.69) is 0 Å². The molecular weight excluding hydrogens is 271 g/mol. The van der Waals surface area contributed by atoms with Crippen molar-refractivity contribution < 1.29 is 22.3 Å². The minimum atomic E-state index is -0.920. The number of halogens is 4. The SMILES string of the molecule is COc1ccc(F)c([B]c2cc(F)cc(F)c2C)c1F. The van der Waals surface area contributed by atoms with Gasteiger partial charge in [0.05, 0.1) is 7.11 Å². The molecule has 0 fully saturated rings. The van der Waals surface area contributed by atoms with E-state index in [1.165, 1.54) is 14.0 Å². The first-order valence-corrected chi connectivity index (χ1v) is 5.76. The molecule has 0 atom stereocenters. The second-order valence-corrected chi connectivity index (χ2v) is 4.22. The van der Waals surface area contributed by atoms with Gasteiger partial charge in [0.1, 0.15) is 17.5 Å². The highest BCUT2D eigenvalue weighted by Crippen LogP contribution is 2.15. The summed E-state index contributed by atoms with van der Waals surface area (Å²) in [6.07, 6.45) is 0. The minimum Gasteiger partial charge on any atom is -0.494 e. The van der Waals surface area contributed by atoms with E-state index < -0.39 is 28.7 Å². The summed E-state index contributed by atoms with van der Waals surface area (Å²) < 4.78 is 59.0. The van der Waals surface area contributed by atoms with E-state index in [9.17, 15) is 17.6 Å². The van der Waals surface area contributed by atoms with Crippen molar-refractivity contribution in [2.24, 2.45) is 0 Å². The molecule has 0 saturated heterocycles. The van der Waals surface area contributed by atoms with Gasteiger partial charge in [0.15, 0.2) is 18.8 Å². The van der Waals surface area contributed by atoms with Crippen molar-refractivity contribution in [3.8, 4) is 5.75 Å². The van der Waals surface area contributed by atoms with Crippen molar-refractivity contribution in [3.63, 3.8) is 0 Å². The first-order valence-electron chi connectivity index (χ1n) is 5.76. The second-order valence-electron chi connectivity index (χ2n) is 4.22. The monoisotopic (exact) mass is 281 g/mol. The zero-order valence-electron chi connectivity index (χ0n) is 10.8. The largest absolute Gasteiger partial charge is 0.494 e. The predicted octanol–water partition coefficient (Wildman–Crippen LogP) is 2.22. The Bertz CT molecular complexity index is 658. The van der Waals surface area contributed by atoms with Crippen LogP contribution in [0.3, 0.4) is 0 Å². The van der Waals surface area contributed by atoms with Crippen molar-refractivity contribution in [1.82, 2.24) is 0 Å². The summed E-state index contributed by atoms with van der Waals surface area (Å²) >= 11 is 0. The van der Waals surface area contributed by atoms with Crippen LogP contribution in [0.5, 0.6) is 5.75 Å². The van der Waals surface area contributed by atoms with E-state index in [-0.39, 0.29) is 16.8 Å². The number of methoxy groups -OCH3 is 1. The number of hydrogen-bond acceptors (Lipinski definition) is 1. The van der Waals surface area contributed by atoms with Gasteiger partial charge < -0.3 is 4.74 Å². The van der Waals surface area contributed by atoms with Gasteiger partial charge in [-0.05, 0) is 36.1 Å². The van der Waals surface area contributed by atoms with Gasteiger partial charge in [0.25, 0.3) is 0 Å². The van der Waals surface area contributed by atoms with Crippen LogP contribution in [0.2, 0.25) is 0 Å². The molecule has 0 aliphatic carbocycles. The van der Waals surface area contributed by atoms with Gasteiger partial charge in [0.2, 0.25) is 0 Å². The first kappa shape index (κ1) is 14.4. The number of benzene rings is 2. The van der Waals surface area contributed by atoms with Gasteiger partial charge >= 0.3 is 0 Å². The van der Waals surface area contributed by atoms with Crippen molar-refractivity contribution in [2.45, 2.75) is 6.92 Å². The third-order valence-electron chi connectivity index (χ3n) is 2.96. The van der Waals surface area contributed by atoms with E-state index in [4.69, 9.17) is 4.74 Å². The summed E-state index contributed by atoms with van der Waals surface area (Å²) in [6, 6.07) is 3.89. The number of hydrogen-bond donors (Lipinski definition) is 0. The molecule has 0 aromatic heterocycles. The normalized spacial score (nSPS) is 10.5. The van der Waals surface area contributed by atoms with Gasteiger partial charge in [-0.25, -0.2) is 17.6 Å². The minimum absolute atomic E-state index is 0.0635. The molecule has 0 heterocycles. The molecule has 103 valence electrons. The highest BCUT2D eigenvalue weighted by Gasteiger charge is 2.18. The summed E-state index contributed by atoms with van der Waals surface area (Å²) in [7, 11) is 2.29. The van der Waals surface area contributed by atoms with Crippen LogP contribution in [0.15, 0.2) is 24.3 Å². The summed E-state index contributed by atoms with van der Waals surface area (Å²) in [5.41, 5.74) is -0.237. The van der Waals surface area contributed by atoms with Crippen LogP contribution in [0, 0.1) is 30.2 Å². The van der Waals surface area contributed by atoms with Crippen LogP contribution in [0.1, 0.15) is 5.56 Å². The fourth-order valence-corrected chi connectivity index (χ4v) is 1.81. The highest BCUT2D eigenvalue weighted by atomic mass is 19.1. The predicted molar refractivity (Wildman–Crippen MR) is 69.0 cm³/mol. The molecule has 0 unspecified atom stereocenters. The maximum atomic E-state index is 14.0. The zero-order valence-corrected chi connectivity index (χ0v) is 10.8. The molecule has 1 radical (unpaired) electrons. The third kappa shape index (κ3) is 2.64. The van der Waals surface area contributed by atoms with Gasteiger partial charge in [-0.2, -0.15) is 0 Å². The van der Waals surface area contributed by atoms with E-state index in [1.54, 1.807) is 0 Å². The van der Waals surface area contributed by atoms with Crippen LogP contribution in [-0.2, 0) is 0 Å². The topological polar surface area (TPSA) is 9.23 Å². The van der Waals surface area contributed by atoms with Crippen molar-refractivity contribution in [2.75, 3.05) is 7.11 Å². The lowest BCUT2D eigenvalue weighted by molar-refractivity contribution is 0.386. The van der Waals surface area contributed by atoms with E-state index in [1.807, 2.05) is 0 Å². The molecule has 2 aromatic carbocycles. The maximum Gasteiger partial charge on any atom is 0.200 e. The van der Waals surface area contributed by atoms with Crippen LogP contribution in [0.25, 0.3) is 0 Å². The summed E-state index contributed by atoms with van der Waals surface area (Å²) in [5, 5.41) is 0. The Morgan fingerprint density at radius 3 is 2.35 bits per heavy atom. The van der Waals surface area contributed by atoms with Crippen LogP contribution in [0.4, 0.5) is 17.6 Å². The van der Waals surface area contributed by atoms with Crippen molar-refractivity contribution in [3.05, 3.63) is 53.1 Å². The Morgan fingerprint density at radius 2 is 1.70 bits per heavy atom. The summed E-state index contributed by atoms with van der Waals surface area (Å²) in [5.74, 6) is -3.50.